The molecular formula is C23H23F3N2O2S2. The number of rotatable bonds is 4. The van der Waals surface area contributed by atoms with Gasteiger partial charge >= 0.3 is 6.18 Å². The topological polar surface area (TPSA) is 50.3 Å². The molecule has 9 heteroatoms. The van der Waals surface area contributed by atoms with Gasteiger partial charge in [-0.2, -0.15) is 13.2 Å². The van der Waals surface area contributed by atoms with Gasteiger partial charge in [0.05, 0.1) is 21.4 Å². The van der Waals surface area contributed by atoms with E-state index in [0.717, 1.165) is 45.7 Å². The Morgan fingerprint density at radius 2 is 1.78 bits per heavy atom. The van der Waals surface area contributed by atoms with E-state index in [-0.39, 0.29) is 4.90 Å². The molecule has 0 saturated carbocycles. The Hall–Kier alpha value is -2.39. The van der Waals surface area contributed by atoms with Gasteiger partial charge in [-0.05, 0) is 56.5 Å². The smallest absolute Gasteiger partial charge is 0.348 e. The van der Waals surface area contributed by atoms with Crippen molar-refractivity contribution in [2.24, 2.45) is 0 Å². The molecule has 0 radical (unpaired) electrons. The van der Waals surface area contributed by atoms with Crippen molar-refractivity contribution >= 4 is 26.3 Å². The van der Waals surface area contributed by atoms with E-state index in [2.05, 4.69) is 23.1 Å². The monoisotopic (exact) mass is 480 g/mol. The van der Waals surface area contributed by atoms with Crippen LogP contribution in [0.15, 0.2) is 52.7 Å². The van der Waals surface area contributed by atoms with Gasteiger partial charge in [0.2, 0.25) is 0 Å². The number of aryl methyl sites for hydroxylation is 2. The maximum atomic E-state index is 13.0. The molecule has 0 atom stereocenters. The maximum absolute atomic E-state index is 13.0. The third-order valence-electron chi connectivity index (χ3n) is 5.80. The first-order valence-corrected chi connectivity index (χ1v) is 12.7. The molecule has 4 rings (SSSR count). The van der Waals surface area contributed by atoms with Gasteiger partial charge in [-0.15, -0.1) is 11.3 Å². The van der Waals surface area contributed by atoms with E-state index in [9.17, 15) is 21.6 Å². The SMILES string of the molecule is Cc1ccc(C)c(-c2csc(N3CCC(S(=O)(=O)c4cccc(C(F)(F)F)c4)CC3)n2)c1. The van der Waals surface area contributed by atoms with E-state index in [0.29, 0.717) is 25.9 Å². The number of anilines is 1. The van der Waals surface area contributed by atoms with Crippen LogP contribution in [-0.2, 0) is 16.0 Å². The highest BCUT2D eigenvalue weighted by molar-refractivity contribution is 7.92. The lowest BCUT2D eigenvalue weighted by Gasteiger charge is -2.31. The summed E-state index contributed by atoms with van der Waals surface area (Å²) >= 11 is 1.52. The second kappa shape index (κ2) is 8.51. The molecule has 32 heavy (non-hydrogen) atoms. The third-order valence-corrected chi connectivity index (χ3v) is 8.96. The quantitative estimate of drug-likeness (QED) is 0.467. The minimum atomic E-state index is -4.58. The highest BCUT2D eigenvalue weighted by atomic mass is 32.2. The van der Waals surface area contributed by atoms with E-state index >= 15 is 0 Å². The number of aromatic nitrogens is 1. The summed E-state index contributed by atoms with van der Waals surface area (Å²) in [6.07, 6.45) is -3.89. The largest absolute Gasteiger partial charge is 0.416 e. The van der Waals surface area contributed by atoms with Crippen molar-refractivity contribution in [3.05, 3.63) is 64.5 Å². The van der Waals surface area contributed by atoms with Crippen LogP contribution in [0, 0.1) is 13.8 Å². The Kier molecular flexibility index (Phi) is 6.06. The van der Waals surface area contributed by atoms with Crippen LogP contribution in [0.1, 0.15) is 29.5 Å². The number of benzene rings is 2. The fraction of sp³-hybridized carbons (Fsp3) is 0.348. The Balaban J connectivity index is 1.48. The van der Waals surface area contributed by atoms with Crippen LogP contribution in [0.2, 0.25) is 0 Å². The highest BCUT2D eigenvalue weighted by Crippen LogP contribution is 2.35. The predicted octanol–water partition coefficient (Wildman–Crippen LogP) is 5.89. The van der Waals surface area contributed by atoms with E-state index in [1.165, 1.54) is 17.4 Å². The minimum Gasteiger partial charge on any atom is -0.348 e. The molecule has 1 aromatic heterocycles. The lowest BCUT2D eigenvalue weighted by atomic mass is 10.0. The van der Waals surface area contributed by atoms with E-state index < -0.39 is 26.8 Å². The van der Waals surface area contributed by atoms with Crippen LogP contribution in [0.5, 0.6) is 0 Å². The molecule has 2 aromatic carbocycles. The lowest BCUT2D eigenvalue weighted by Crippen LogP contribution is -2.39. The van der Waals surface area contributed by atoms with Crippen LogP contribution in [0.4, 0.5) is 18.3 Å². The van der Waals surface area contributed by atoms with Crippen LogP contribution in [0.3, 0.4) is 0 Å². The standard InChI is InChI=1S/C23H23F3N2O2S2/c1-15-6-7-16(2)20(12-15)21-14-31-22(27-21)28-10-8-18(9-11-28)32(29,30)19-5-3-4-17(13-19)23(24,25)26/h3-7,12-14,18H,8-11H2,1-2H3. The fourth-order valence-electron chi connectivity index (χ4n) is 3.94. The average Bonchev–Trinajstić information content (AvgIpc) is 3.25. The molecule has 0 bridgehead atoms. The van der Waals surface area contributed by atoms with Crippen LogP contribution < -0.4 is 4.90 Å². The number of alkyl halides is 3. The van der Waals surface area contributed by atoms with E-state index in [1.807, 2.05) is 19.2 Å². The Morgan fingerprint density at radius 1 is 1.06 bits per heavy atom. The molecule has 0 aliphatic carbocycles. The van der Waals surface area contributed by atoms with Gasteiger partial charge in [-0.1, -0.05) is 23.8 Å². The third kappa shape index (κ3) is 4.54. The summed E-state index contributed by atoms with van der Waals surface area (Å²) < 4.78 is 64.9. The molecule has 0 N–H and O–H groups in total. The summed E-state index contributed by atoms with van der Waals surface area (Å²) in [6, 6.07) is 10.2. The summed E-state index contributed by atoms with van der Waals surface area (Å²) in [7, 11) is -3.84. The van der Waals surface area contributed by atoms with Crippen molar-refractivity contribution < 1.29 is 21.6 Å². The molecule has 1 aliphatic heterocycles. The second-order valence-corrected chi connectivity index (χ2v) is 11.2. The van der Waals surface area contributed by atoms with Gasteiger partial charge in [0.15, 0.2) is 15.0 Å². The molecule has 4 nitrogen and oxygen atoms in total. The fourth-order valence-corrected chi connectivity index (χ4v) is 6.60. The molecule has 170 valence electrons. The number of nitrogens with zero attached hydrogens (tertiary/aromatic N) is 2. The number of piperidine rings is 1. The van der Waals surface area contributed by atoms with Crippen LogP contribution in [0.25, 0.3) is 11.3 Å². The predicted molar refractivity (Wildman–Crippen MR) is 121 cm³/mol. The first-order valence-electron chi connectivity index (χ1n) is 10.2. The lowest BCUT2D eigenvalue weighted by molar-refractivity contribution is -0.137. The first-order chi connectivity index (χ1) is 15.1. The van der Waals surface area contributed by atoms with Crippen molar-refractivity contribution in [2.45, 2.75) is 43.0 Å². The number of sulfone groups is 1. The number of hydrogen-bond donors (Lipinski definition) is 0. The zero-order chi connectivity index (χ0) is 23.1. The number of halogens is 3. The molecule has 0 spiro atoms. The van der Waals surface area contributed by atoms with E-state index in [1.54, 1.807) is 0 Å². The summed E-state index contributed by atoms with van der Waals surface area (Å²) in [4.78, 5) is 6.55. The summed E-state index contributed by atoms with van der Waals surface area (Å²) in [5, 5.41) is 2.12. The van der Waals surface area contributed by atoms with Gasteiger partial charge < -0.3 is 4.90 Å². The number of hydrogen-bond acceptors (Lipinski definition) is 5. The maximum Gasteiger partial charge on any atom is 0.416 e. The van der Waals surface area contributed by atoms with Crippen molar-refractivity contribution in [2.75, 3.05) is 18.0 Å². The average molecular weight is 481 g/mol. The molecule has 3 aromatic rings. The van der Waals surface area contributed by atoms with Gasteiger partial charge in [0.1, 0.15) is 0 Å². The van der Waals surface area contributed by atoms with Crippen LogP contribution in [-0.4, -0.2) is 31.7 Å². The molecule has 1 aliphatic rings. The van der Waals surface area contributed by atoms with Gasteiger partial charge in [-0.25, -0.2) is 13.4 Å². The zero-order valence-electron chi connectivity index (χ0n) is 17.7. The van der Waals surface area contributed by atoms with Crippen molar-refractivity contribution in [1.82, 2.24) is 4.98 Å². The summed E-state index contributed by atoms with van der Waals surface area (Å²) in [6.45, 7) is 5.05. The summed E-state index contributed by atoms with van der Waals surface area (Å²) in [5.41, 5.74) is 3.32. The van der Waals surface area contributed by atoms with Crippen LogP contribution >= 0.6 is 11.3 Å². The minimum absolute atomic E-state index is 0.266. The van der Waals surface area contributed by atoms with Crippen molar-refractivity contribution in [1.29, 1.82) is 0 Å². The molecular weight excluding hydrogens is 457 g/mol. The Morgan fingerprint density at radius 3 is 2.47 bits per heavy atom. The van der Waals surface area contributed by atoms with Crippen molar-refractivity contribution in [3.8, 4) is 11.3 Å². The molecule has 1 fully saturated rings. The van der Waals surface area contributed by atoms with Gasteiger partial charge in [0.25, 0.3) is 0 Å². The first kappa shape index (κ1) is 22.8. The Bertz CT molecular complexity index is 1230. The Labute approximate surface area is 189 Å². The highest BCUT2D eigenvalue weighted by Gasteiger charge is 2.35. The normalized spacial score (nSPS) is 15.8. The molecule has 2 heterocycles. The number of thiazole rings is 1. The van der Waals surface area contributed by atoms with Crippen molar-refractivity contribution in [3.63, 3.8) is 0 Å². The molecule has 0 amide bonds. The van der Waals surface area contributed by atoms with E-state index in [4.69, 9.17) is 4.98 Å². The second-order valence-electron chi connectivity index (χ2n) is 8.09. The molecule has 0 unspecified atom stereocenters. The van der Waals surface area contributed by atoms with Gasteiger partial charge in [-0.3, -0.25) is 0 Å². The summed E-state index contributed by atoms with van der Waals surface area (Å²) in [5.74, 6) is 0. The zero-order valence-corrected chi connectivity index (χ0v) is 19.3. The molecule has 1 saturated heterocycles. The van der Waals surface area contributed by atoms with Gasteiger partial charge in [0, 0.05) is 24.0 Å².